The summed E-state index contributed by atoms with van der Waals surface area (Å²) in [4.78, 5) is 11.6. The lowest BCUT2D eigenvalue weighted by molar-refractivity contribution is 0.0592. The summed E-state index contributed by atoms with van der Waals surface area (Å²) >= 11 is 0. The average Bonchev–Trinajstić information content (AvgIpc) is 2.92. The Balaban J connectivity index is 2.36. The van der Waals surface area contributed by atoms with Gasteiger partial charge in [0, 0.05) is 0 Å². The van der Waals surface area contributed by atoms with Gasteiger partial charge >= 0.3 is 5.97 Å². The third-order valence-corrected chi connectivity index (χ3v) is 4.96. The average molecular weight is 287 g/mol. The Morgan fingerprint density at radius 1 is 1.53 bits per heavy atom. The van der Waals surface area contributed by atoms with Crippen molar-refractivity contribution in [3.63, 3.8) is 0 Å². The molecule has 0 aliphatic carbocycles. The summed E-state index contributed by atoms with van der Waals surface area (Å²) < 4.78 is 29.3. The minimum absolute atomic E-state index is 0.0632. The molecule has 1 aliphatic heterocycles. The maximum absolute atomic E-state index is 11.6. The number of hydrogen-bond donors (Lipinski definition) is 0. The molecule has 2 rings (SSSR count). The predicted octanol–water partition coefficient (Wildman–Crippen LogP) is 0.377. The zero-order valence-corrected chi connectivity index (χ0v) is 11.8. The molecular formula is C11H17N3O4S. The molecule has 0 bridgehead atoms. The van der Waals surface area contributed by atoms with Crippen LogP contribution in [0.25, 0.3) is 0 Å². The monoisotopic (exact) mass is 287 g/mol. The summed E-state index contributed by atoms with van der Waals surface area (Å²) in [6.45, 7) is 1.98. The molecule has 0 saturated carbocycles. The van der Waals surface area contributed by atoms with Gasteiger partial charge < -0.3 is 4.74 Å². The van der Waals surface area contributed by atoms with E-state index in [9.17, 15) is 13.2 Å². The van der Waals surface area contributed by atoms with E-state index in [0.717, 1.165) is 6.42 Å². The number of carbonyl (C=O) groups is 1. The van der Waals surface area contributed by atoms with E-state index in [1.54, 1.807) is 4.68 Å². The van der Waals surface area contributed by atoms with Crippen LogP contribution in [0.4, 0.5) is 0 Å². The molecule has 1 aromatic rings. The van der Waals surface area contributed by atoms with E-state index < -0.39 is 15.8 Å². The first-order valence-electron chi connectivity index (χ1n) is 6.21. The van der Waals surface area contributed by atoms with E-state index in [1.807, 2.05) is 6.92 Å². The van der Waals surface area contributed by atoms with Crippen molar-refractivity contribution in [1.29, 1.82) is 0 Å². The molecule has 19 heavy (non-hydrogen) atoms. The molecule has 0 aromatic carbocycles. The van der Waals surface area contributed by atoms with Gasteiger partial charge in [0.15, 0.2) is 15.5 Å². The SMILES string of the molecule is CCCc1c(C(=O)OC)nnn1C1CCS(=O)(=O)C1. The molecule has 1 aromatic heterocycles. The number of esters is 1. The first-order chi connectivity index (χ1) is 8.98. The lowest BCUT2D eigenvalue weighted by atomic mass is 10.2. The van der Waals surface area contributed by atoms with Crippen LogP contribution < -0.4 is 0 Å². The lowest BCUT2D eigenvalue weighted by Gasteiger charge is -2.11. The first kappa shape index (κ1) is 14.0. The van der Waals surface area contributed by atoms with Gasteiger partial charge in [0.05, 0.1) is 30.4 Å². The first-order valence-corrected chi connectivity index (χ1v) is 8.03. The molecule has 1 unspecified atom stereocenters. The van der Waals surface area contributed by atoms with Crippen molar-refractivity contribution in [2.45, 2.75) is 32.2 Å². The third-order valence-electron chi connectivity index (χ3n) is 3.21. The zero-order valence-electron chi connectivity index (χ0n) is 11.0. The van der Waals surface area contributed by atoms with Gasteiger partial charge in [0.25, 0.3) is 0 Å². The number of nitrogens with zero attached hydrogens (tertiary/aromatic N) is 3. The van der Waals surface area contributed by atoms with E-state index in [0.29, 0.717) is 18.5 Å². The van der Waals surface area contributed by atoms with Crippen molar-refractivity contribution >= 4 is 15.8 Å². The molecule has 1 aliphatic rings. The number of aromatic nitrogens is 3. The molecule has 0 amide bonds. The largest absolute Gasteiger partial charge is 0.464 e. The van der Waals surface area contributed by atoms with Crippen molar-refractivity contribution in [1.82, 2.24) is 15.0 Å². The fourth-order valence-corrected chi connectivity index (χ4v) is 3.99. The van der Waals surface area contributed by atoms with Gasteiger partial charge in [-0.2, -0.15) is 0 Å². The van der Waals surface area contributed by atoms with Crippen LogP contribution in [-0.4, -0.2) is 48.0 Å². The molecule has 106 valence electrons. The Hall–Kier alpha value is -1.44. The second-order valence-electron chi connectivity index (χ2n) is 4.63. The van der Waals surface area contributed by atoms with Crippen LogP contribution in [0, 0.1) is 0 Å². The Labute approximate surface area is 111 Å². The molecule has 1 fully saturated rings. The van der Waals surface area contributed by atoms with E-state index in [-0.39, 0.29) is 23.2 Å². The van der Waals surface area contributed by atoms with Crippen LogP contribution in [0.3, 0.4) is 0 Å². The molecule has 2 heterocycles. The Morgan fingerprint density at radius 2 is 2.26 bits per heavy atom. The molecule has 1 atom stereocenters. The van der Waals surface area contributed by atoms with Crippen molar-refractivity contribution < 1.29 is 17.9 Å². The van der Waals surface area contributed by atoms with Gasteiger partial charge in [-0.05, 0) is 12.8 Å². The zero-order chi connectivity index (χ0) is 14.0. The van der Waals surface area contributed by atoms with Crippen molar-refractivity contribution in [3.8, 4) is 0 Å². The topological polar surface area (TPSA) is 91.2 Å². The Kier molecular flexibility index (Phi) is 3.88. The van der Waals surface area contributed by atoms with Crippen LogP contribution in [0.1, 0.15) is 42.0 Å². The van der Waals surface area contributed by atoms with E-state index >= 15 is 0 Å². The van der Waals surface area contributed by atoms with Crippen LogP contribution in [0.15, 0.2) is 0 Å². The highest BCUT2D eigenvalue weighted by atomic mass is 32.2. The maximum atomic E-state index is 11.6. The van der Waals surface area contributed by atoms with Gasteiger partial charge in [-0.15, -0.1) is 5.10 Å². The van der Waals surface area contributed by atoms with Gasteiger partial charge in [-0.1, -0.05) is 18.6 Å². The fourth-order valence-electron chi connectivity index (χ4n) is 2.30. The lowest BCUT2D eigenvalue weighted by Crippen LogP contribution is -2.16. The summed E-state index contributed by atoms with van der Waals surface area (Å²) in [5, 5.41) is 7.79. The fraction of sp³-hybridized carbons (Fsp3) is 0.727. The predicted molar refractivity (Wildman–Crippen MR) is 67.7 cm³/mol. The van der Waals surface area contributed by atoms with Gasteiger partial charge in [0.2, 0.25) is 0 Å². The molecule has 1 saturated heterocycles. The summed E-state index contributed by atoms with van der Waals surface area (Å²) in [7, 11) is -1.71. The second kappa shape index (κ2) is 5.28. The highest BCUT2D eigenvalue weighted by Gasteiger charge is 2.33. The quantitative estimate of drug-likeness (QED) is 0.743. The standard InChI is InChI=1S/C11H17N3O4S/c1-3-4-9-10(11(15)18-2)12-13-14(9)8-5-6-19(16,17)7-8/h8H,3-7H2,1-2H3. The van der Waals surface area contributed by atoms with Gasteiger partial charge in [0.1, 0.15) is 0 Å². The number of rotatable bonds is 4. The highest BCUT2D eigenvalue weighted by Crippen LogP contribution is 2.25. The van der Waals surface area contributed by atoms with Crippen molar-refractivity contribution in [2.75, 3.05) is 18.6 Å². The molecule has 0 spiro atoms. The number of sulfone groups is 1. The van der Waals surface area contributed by atoms with E-state index in [4.69, 9.17) is 0 Å². The number of carbonyl (C=O) groups excluding carboxylic acids is 1. The van der Waals surface area contributed by atoms with E-state index in [2.05, 4.69) is 15.0 Å². The van der Waals surface area contributed by atoms with Crippen LogP contribution in [0.5, 0.6) is 0 Å². The maximum Gasteiger partial charge on any atom is 0.360 e. The third kappa shape index (κ3) is 2.78. The molecule has 8 heteroatoms. The summed E-state index contributed by atoms with van der Waals surface area (Å²) in [6.07, 6.45) is 1.95. The van der Waals surface area contributed by atoms with Crippen LogP contribution in [0.2, 0.25) is 0 Å². The van der Waals surface area contributed by atoms with Crippen LogP contribution >= 0.6 is 0 Å². The second-order valence-corrected chi connectivity index (χ2v) is 6.86. The number of methoxy groups -OCH3 is 1. The molecular weight excluding hydrogens is 270 g/mol. The summed E-state index contributed by atoms with van der Waals surface area (Å²) in [5.41, 5.74) is 0.852. The Bertz CT molecular complexity index is 579. The van der Waals surface area contributed by atoms with Gasteiger partial charge in [-0.3, -0.25) is 0 Å². The highest BCUT2D eigenvalue weighted by molar-refractivity contribution is 7.91. The minimum Gasteiger partial charge on any atom is -0.464 e. The van der Waals surface area contributed by atoms with Crippen molar-refractivity contribution in [2.24, 2.45) is 0 Å². The van der Waals surface area contributed by atoms with Gasteiger partial charge in [-0.25, -0.2) is 17.9 Å². The number of hydrogen-bond acceptors (Lipinski definition) is 6. The van der Waals surface area contributed by atoms with E-state index in [1.165, 1.54) is 7.11 Å². The molecule has 0 N–H and O–H groups in total. The summed E-state index contributed by atoms with van der Waals surface area (Å²) in [5.74, 6) is -0.305. The minimum atomic E-state index is -3.00. The molecule has 0 radical (unpaired) electrons. The smallest absolute Gasteiger partial charge is 0.360 e. The molecule has 7 nitrogen and oxygen atoms in total. The van der Waals surface area contributed by atoms with Crippen LogP contribution in [-0.2, 0) is 21.0 Å². The summed E-state index contributed by atoms with van der Waals surface area (Å²) in [6, 6.07) is -0.225. The van der Waals surface area contributed by atoms with Crippen molar-refractivity contribution in [3.05, 3.63) is 11.4 Å². The Morgan fingerprint density at radius 3 is 2.79 bits per heavy atom. The normalized spacial score (nSPS) is 21.5. The number of ether oxygens (including phenoxy) is 1.